The number of hydrogen-bond acceptors (Lipinski definition) is 6. The van der Waals surface area contributed by atoms with E-state index in [1.54, 1.807) is 12.1 Å². The lowest BCUT2D eigenvalue weighted by atomic mass is 10.3. The van der Waals surface area contributed by atoms with Gasteiger partial charge in [0.25, 0.3) is 5.91 Å². The summed E-state index contributed by atoms with van der Waals surface area (Å²) < 4.78 is 33.1. The van der Waals surface area contributed by atoms with Crippen molar-refractivity contribution < 1.29 is 18.3 Å². The van der Waals surface area contributed by atoms with E-state index in [2.05, 4.69) is 36.5 Å². The van der Waals surface area contributed by atoms with Gasteiger partial charge in [-0.15, -0.1) is 0 Å². The minimum atomic E-state index is -0.857. The summed E-state index contributed by atoms with van der Waals surface area (Å²) in [6, 6.07) is 6.76. The van der Waals surface area contributed by atoms with Crippen LogP contribution in [0.15, 0.2) is 41.1 Å². The van der Waals surface area contributed by atoms with E-state index < -0.39 is 23.2 Å². The Morgan fingerprint density at radius 1 is 1.23 bits per heavy atom. The van der Waals surface area contributed by atoms with Crippen LogP contribution in [0.5, 0.6) is 5.75 Å². The molecule has 0 unspecified atom stereocenters. The first kappa shape index (κ1) is 18.2. The van der Waals surface area contributed by atoms with E-state index in [0.29, 0.717) is 21.3 Å². The van der Waals surface area contributed by atoms with Gasteiger partial charge in [-0.1, -0.05) is 17.4 Å². The highest BCUT2D eigenvalue weighted by atomic mass is 79.9. The lowest BCUT2D eigenvalue weighted by Gasteiger charge is -2.08. The van der Waals surface area contributed by atoms with Gasteiger partial charge in [0.05, 0.1) is 13.3 Å². The molecule has 6 nitrogen and oxygen atoms in total. The molecule has 0 bridgehead atoms. The normalized spacial score (nSPS) is 10.5. The molecule has 0 fully saturated rings. The first-order valence-corrected chi connectivity index (χ1v) is 8.77. The Bertz CT molecular complexity index is 947. The number of aromatic nitrogens is 2. The van der Waals surface area contributed by atoms with Crippen LogP contribution in [0, 0.1) is 11.6 Å². The van der Waals surface area contributed by atoms with Gasteiger partial charge in [0.1, 0.15) is 26.8 Å². The van der Waals surface area contributed by atoms with Crippen molar-refractivity contribution in [2.45, 2.75) is 0 Å². The maximum absolute atomic E-state index is 13.6. The van der Waals surface area contributed by atoms with Crippen molar-refractivity contribution in [2.24, 2.45) is 0 Å². The molecule has 2 aromatic heterocycles. The van der Waals surface area contributed by atoms with Gasteiger partial charge >= 0.3 is 0 Å². The largest absolute Gasteiger partial charge is 0.493 e. The van der Waals surface area contributed by atoms with Crippen LogP contribution in [0.2, 0.25) is 0 Å². The molecule has 3 rings (SSSR count). The van der Waals surface area contributed by atoms with Crippen molar-refractivity contribution in [3.8, 4) is 5.75 Å². The van der Waals surface area contributed by atoms with Crippen LogP contribution >= 0.6 is 27.3 Å². The predicted octanol–water partition coefficient (Wildman–Crippen LogP) is 4.58. The van der Waals surface area contributed by atoms with E-state index in [1.165, 1.54) is 19.4 Å². The lowest BCUT2D eigenvalue weighted by Crippen LogP contribution is -2.12. The molecule has 0 aliphatic heterocycles. The third-order valence-electron chi connectivity index (χ3n) is 3.20. The van der Waals surface area contributed by atoms with E-state index in [9.17, 15) is 13.6 Å². The van der Waals surface area contributed by atoms with Crippen molar-refractivity contribution in [3.05, 3.63) is 57.6 Å². The second kappa shape index (κ2) is 7.75. The number of para-hydroxylation sites is 1. The van der Waals surface area contributed by atoms with E-state index >= 15 is 0 Å². The summed E-state index contributed by atoms with van der Waals surface area (Å²) in [6.07, 6.45) is 1.30. The van der Waals surface area contributed by atoms with E-state index in [0.717, 1.165) is 23.5 Å². The highest BCUT2D eigenvalue weighted by molar-refractivity contribution is 9.10. The van der Waals surface area contributed by atoms with Gasteiger partial charge in [0.2, 0.25) is 0 Å². The summed E-state index contributed by atoms with van der Waals surface area (Å²) in [7, 11) is 1.50. The molecule has 0 atom stereocenters. The second-order valence-corrected chi connectivity index (χ2v) is 6.73. The Morgan fingerprint density at radius 2 is 1.96 bits per heavy atom. The van der Waals surface area contributed by atoms with Crippen molar-refractivity contribution in [1.82, 2.24) is 9.97 Å². The number of methoxy groups -OCH3 is 1. The Labute approximate surface area is 159 Å². The van der Waals surface area contributed by atoms with Gasteiger partial charge in [-0.3, -0.25) is 4.79 Å². The highest BCUT2D eigenvalue weighted by Gasteiger charge is 2.16. The molecule has 1 aromatic carbocycles. The number of rotatable bonds is 5. The standard InChI is InChI=1S/C16H11BrF2N4O2S/c1-25-10-5-6-12(17)21-14(10)23-16-20-7-11(26-16)15(24)22-13-8(18)3-2-4-9(13)19/h2-7H,1H3,(H,22,24)(H,20,21,23). The van der Waals surface area contributed by atoms with Crippen LogP contribution in [0.4, 0.5) is 25.4 Å². The van der Waals surface area contributed by atoms with Gasteiger partial charge in [-0.05, 0) is 40.2 Å². The smallest absolute Gasteiger partial charge is 0.267 e. The van der Waals surface area contributed by atoms with Crippen LogP contribution in [0.1, 0.15) is 9.67 Å². The van der Waals surface area contributed by atoms with Crippen molar-refractivity contribution in [1.29, 1.82) is 0 Å². The minimum absolute atomic E-state index is 0.170. The van der Waals surface area contributed by atoms with Gasteiger partial charge in [-0.2, -0.15) is 0 Å². The molecule has 2 N–H and O–H groups in total. The number of pyridine rings is 1. The predicted molar refractivity (Wildman–Crippen MR) is 98.2 cm³/mol. The summed E-state index contributed by atoms with van der Waals surface area (Å²) in [5.41, 5.74) is -0.504. The van der Waals surface area contributed by atoms with Crippen LogP contribution in [-0.4, -0.2) is 23.0 Å². The average Bonchev–Trinajstić information content (AvgIpc) is 3.07. The van der Waals surface area contributed by atoms with Crippen molar-refractivity contribution in [2.75, 3.05) is 17.7 Å². The molecule has 0 radical (unpaired) electrons. The Hall–Kier alpha value is -2.59. The molecule has 1 amide bonds. The third kappa shape index (κ3) is 3.97. The fraction of sp³-hybridized carbons (Fsp3) is 0.0625. The molecule has 134 valence electrons. The number of thiazole rings is 1. The lowest BCUT2D eigenvalue weighted by molar-refractivity contribution is 0.102. The molecule has 10 heteroatoms. The maximum Gasteiger partial charge on any atom is 0.267 e. The number of anilines is 3. The summed E-state index contributed by atoms with van der Waals surface area (Å²) in [5.74, 6) is -1.49. The SMILES string of the molecule is COc1ccc(Br)nc1Nc1ncc(C(=O)Nc2c(F)cccc2F)s1. The number of nitrogens with one attached hydrogen (secondary N) is 2. The maximum atomic E-state index is 13.6. The highest BCUT2D eigenvalue weighted by Crippen LogP contribution is 2.30. The number of carbonyl (C=O) groups excluding carboxylic acids is 1. The van der Waals surface area contributed by atoms with Crippen molar-refractivity contribution in [3.63, 3.8) is 0 Å². The summed E-state index contributed by atoms with van der Waals surface area (Å²) in [4.78, 5) is 20.7. The van der Waals surface area contributed by atoms with Crippen LogP contribution in [0.25, 0.3) is 0 Å². The number of benzene rings is 1. The molecule has 0 spiro atoms. The van der Waals surface area contributed by atoms with Gasteiger partial charge in [0, 0.05) is 0 Å². The zero-order valence-corrected chi connectivity index (χ0v) is 15.6. The Kier molecular flexibility index (Phi) is 5.43. The molecule has 2 heterocycles. The molecule has 3 aromatic rings. The van der Waals surface area contributed by atoms with E-state index in [-0.39, 0.29) is 4.88 Å². The molecule has 0 aliphatic carbocycles. The van der Waals surface area contributed by atoms with Crippen molar-refractivity contribution >= 4 is 49.8 Å². The zero-order chi connectivity index (χ0) is 18.7. The van der Waals surface area contributed by atoms with E-state index in [4.69, 9.17) is 4.74 Å². The van der Waals surface area contributed by atoms with Crippen LogP contribution in [-0.2, 0) is 0 Å². The van der Waals surface area contributed by atoms with Crippen LogP contribution < -0.4 is 15.4 Å². The summed E-state index contributed by atoms with van der Waals surface area (Å²) >= 11 is 4.26. The zero-order valence-electron chi connectivity index (χ0n) is 13.2. The van der Waals surface area contributed by atoms with Gasteiger partial charge < -0.3 is 15.4 Å². The molecule has 0 saturated carbocycles. The molecular weight excluding hydrogens is 430 g/mol. The number of ether oxygens (including phenoxy) is 1. The topological polar surface area (TPSA) is 76.1 Å². The number of nitrogens with zero attached hydrogens (tertiary/aromatic N) is 2. The number of hydrogen-bond donors (Lipinski definition) is 2. The number of amides is 1. The Balaban J connectivity index is 1.78. The first-order valence-electron chi connectivity index (χ1n) is 7.16. The van der Waals surface area contributed by atoms with Crippen LogP contribution in [0.3, 0.4) is 0 Å². The third-order valence-corrected chi connectivity index (χ3v) is 4.55. The minimum Gasteiger partial charge on any atom is -0.493 e. The van der Waals surface area contributed by atoms with Gasteiger partial charge in [0.15, 0.2) is 16.7 Å². The second-order valence-electron chi connectivity index (χ2n) is 4.89. The first-order chi connectivity index (χ1) is 12.5. The molecular formula is C16H11BrF2N4O2S. The number of carbonyl (C=O) groups is 1. The summed E-state index contributed by atoms with van der Waals surface area (Å²) in [5, 5.41) is 5.52. The molecule has 0 saturated heterocycles. The molecule has 0 aliphatic rings. The summed E-state index contributed by atoms with van der Waals surface area (Å²) in [6.45, 7) is 0. The average molecular weight is 441 g/mol. The monoisotopic (exact) mass is 440 g/mol. The van der Waals surface area contributed by atoms with E-state index in [1.807, 2.05) is 0 Å². The van der Waals surface area contributed by atoms with Gasteiger partial charge in [-0.25, -0.2) is 18.7 Å². The quantitative estimate of drug-likeness (QED) is 0.567. The fourth-order valence-corrected chi connectivity index (χ4v) is 3.03. The fourth-order valence-electron chi connectivity index (χ4n) is 2.01. The number of halogens is 3. The Morgan fingerprint density at radius 3 is 2.65 bits per heavy atom. The molecule has 26 heavy (non-hydrogen) atoms.